The van der Waals surface area contributed by atoms with Crippen molar-refractivity contribution in [2.45, 2.75) is 6.42 Å². The fraction of sp³-hybridized carbons (Fsp3) is 0.667. The van der Waals surface area contributed by atoms with Gasteiger partial charge in [-0.3, -0.25) is 0 Å². The van der Waals surface area contributed by atoms with Crippen LogP contribution in [0.4, 0.5) is 0 Å². The summed E-state index contributed by atoms with van der Waals surface area (Å²) in [6.07, 6.45) is 1.03. The highest BCUT2D eigenvalue weighted by molar-refractivity contribution is 9.11. The van der Waals surface area contributed by atoms with Crippen molar-refractivity contribution in [1.29, 1.82) is 0 Å². The average molecular weight is 193 g/mol. The van der Waals surface area contributed by atoms with E-state index >= 15 is 0 Å². The molecule has 0 saturated carbocycles. The van der Waals surface area contributed by atoms with Crippen molar-refractivity contribution >= 4 is 15.9 Å². The highest BCUT2D eigenvalue weighted by Gasteiger charge is 1.85. The maximum atomic E-state index is 5.27. The second-order valence-electron chi connectivity index (χ2n) is 1.84. The zero-order valence-electron chi connectivity index (χ0n) is 5.49. The molecule has 0 spiro atoms. The summed E-state index contributed by atoms with van der Waals surface area (Å²) < 4.78 is 0.986. The SMILES string of the molecule is C=C(Br)CNCCCN. The van der Waals surface area contributed by atoms with Gasteiger partial charge in [-0.15, -0.1) is 0 Å². The molecule has 0 saturated heterocycles. The number of nitrogens with two attached hydrogens (primary N) is 1. The van der Waals surface area contributed by atoms with Gasteiger partial charge in [0.1, 0.15) is 0 Å². The van der Waals surface area contributed by atoms with Crippen LogP contribution in [-0.4, -0.2) is 19.6 Å². The van der Waals surface area contributed by atoms with E-state index in [-0.39, 0.29) is 0 Å². The van der Waals surface area contributed by atoms with Crippen LogP contribution in [-0.2, 0) is 0 Å². The lowest BCUT2D eigenvalue weighted by molar-refractivity contribution is 0.698. The van der Waals surface area contributed by atoms with E-state index in [1.54, 1.807) is 0 Å². The van der Waals surface area contributed by atoms with E-state index in [0.29, 0.717) is 0 Å². The number of halogens is 1. The molecule has 3 heteroatoms. The Morgan fingerprint density at radius 3 is 2.78 bits per heavy atom. The van der Waals surface area contributed by atoms with Crippen LogP contribution in [0.1, 0.15) is 6.42 Å². The lowest BCUT2D eigenvalue weighted by atomic mass is 10.4. The summed E-state index contributed by atoms with van der Waals surface area (Å²) in [5.41, 5.74) is 5.27. The van der Waals surface area contributed by atoms with Crippen molar-refractivity contribution in [3.05, 3.63) is 11.1 Å². The molecule has 0 aliphatic carbocycles. The van der Waals surface area contributed by atoms with Gasteiger partial charge in [0.05, 0.1) is 0 Å². The zero-order chi connectivity index (χ0) is 7.11. The first-order chi connectivity index (χ1) is 4.27. The van der Waals surface area contributed by atoms with Crippen LogP contribution < -0.4 is 11.1 Å². The summed E-state index contributed by atoms with van der Waals surface area (Å²) in [6.45, 7) is 6.23. The second-order valence-corrected chi connectivity index (χ2v) is 2.96. The molecule has 2 nitrogen and oxygen atoms in total. The second kappa shape index (κ2) is 6.26. The Bertz CT molecular complexity index is 83.1. The average Bonchev–Trinajstić information content (AvgIpc) is 1.80. The number of hydrogen-bond acceptors (Lipinski definition) is 2. The van der Waals surface area contributed by atoms with Crippen LogP contribution in [0.25, 0.3) is 0 Å². The van der Waals surface area contributed by atoms with Crippen molar-refractivity contribution in [1.82, 2.24) is 5.32 Å². The summed E-state index contributed by atoms with van der Waals surface area (Å²) in [5, 5.41) is 3.16. The minimum absolute atomic E-state index is 0.752. The van der Waals surface area contributed by atoms with Crippen molar-refractivity contribution in [3.63, 3.8) is 0 Å². The molecule has 0 aromatic rings. The molecule has 0 fully saturated rings. The quantitative estimate of drug-likeness (QED) is 0.634. The number of hydrogen-bond donors (Lipinski definition) is 2. The van der Waals surface area contributed by atoms with Crippen LogP contribution in [0.2, 0.25) is 0 Å². The fourth-order valence-corrected chi connectivity index (χ4v) is 0.649. The maximum absolute atomic E-state index is 5.27. The van der Waals surface area contributed by atoms with Crippen LogP contribution >= 0.6 is 15.9 Å². The van der Waals surface area contributed by atoms with Gasteiger partial charge in [-0.2, -0.15) is 0 Å². The molecule has 0 amide bonds. The van der Waals surface area contributed by atoms with Gasteiger partial charge >= 0.3 is 0 Å². The largest absolute Gasteiger partial charge is 0.330 e. The van der Waals surface area contributed by atoms with Gasteiger partial charge < -0.3 is 11.1 Å². The van der Waals surface area contributed by atoms with Gasteiger partial charge in [-0.25, -0.2) is 0 Å². The van der Waals surface area contributed by atoms with Crippen molar-refractivity contribution in [2.75, 3.05) is 19.6 Å². The molecule has 0 radical (unpaired) electrons. The molecular weight excluding hydrogens is 180 g/mol. The van der Waals surface area contributed by atoms with Crippen LogP contribution in [0.5, 0.6) is 0 Å². The standard InChI is InChI=1S/C6H13BrN2/c1-6(7)5-9-4-2-3-8/h9H,1-5,8H2. The first-order valence-corrected chi connectivity index (χ1v) is 3.80. The maximum Gasteiger partial charge on any atom is 0.0265 e. The van der Waals surface area contributed by atoms with E-state index in [9.17, 15) is 0 Å². The third-order valence-electron chi connectivity index (χ3n) is 0.874. The summed E-state index contributed by atoms with van der Waals surface area (Å²) in [5.74, 6) is 0. The van der Waals surface area contributed by atoms with Gasteiger partial charge in [-0.05, 0) is 19.5 Å². The molecule has 54 valence electrons. The lowest BCUT2D eigenvalue weighted by Crippen LogP contribution is -2.19. The van der Waals surface area contributed by atoms with Gasteiger partial charge in [0.2, 0.25) is 0 Å². The van der Waals surface area contributed by atoms with E-state index in [4.69, 9.17) is 5.73 Å². The van der Waals surface area contributed by atoms with Gasteiger partial charge in [0, 0.05) is 11.0 Å². The molecule has 0 aromatic heterocycles. The molecule has 9 heavy (non-hydrogen) atoms. The van der Waals surface area contributed by atoms with E-state index in [1.807, 2.05) is 0 Å². The van der Waals surface area contributed by atoms with E-state index in [0.717, 1.165) is 30.5 Å². The normalized spacial score (nSPS) is 9.56. The molecule has 0 rings (SSSR count). The number of nitrogens with one attached hydrogen (secondary N) is 1. The van der Waals surface area contributed by atoms with Gasteiger partial charge in [0.25, 0.3) is 0 Å². The third kappa shape index (κ3) is 8.14. The first kappa shape index (κ1) is 9.14. The summed E-state index contributed by atoms with van der Waals surface area (Å²) in [6, 6.07) is 0. The van der Waals surface area contributed by atoms with E-state index in [1.165, 1.54) is 0 Å². The molecule has 0 bridgehead atoms. The molecule has 0 unspecified atom stereocenters. The van der Waals surface area contributed by atoms with Crippen LogP contribution in [0, 0.1) is 0 Å². The van der Waals surface area contributed by atoms with Crippen molar-refractivity contribution in [2.24, 2.45) is 5.73 Å². The minimum Gasteiger partial charge on any atom is -0.330 e. The smallest absolute Gasteiger partial charge is 0.0265 e. The summed E-state index contributed by atoms with van der Waals surface area (Å²) in [4.78, 5) is 0. The summed E-state index contributed by atoms with van der Waals surface area (Å²) in [7, 11) is 0. The zero-order valence-corrected chi connectivity index (χ0v) is 7.08. The van der Waals surface area contributed by atoms with Crippen LogP contribution in [0.3, 0.4) is 0 Å². The van der Waals surface area contributed by atoms with Gasteiger partial charge in [-0.1, -0.05) is 22.5 Å². The third-order valence-corrected chi connectivity index (χ3v) is 1.15. The Balaban J connectivity index is 2.83. The Hall–Kier alpha value is 0.140. The van der Waals surface area contributed by atoms with Gasteiger partial charge in [0.15, 0.2) is 0 Å². The van der Waals surface area contributed by atoms with Crippen molar-refractivity contribution < 1.29 is 0 Å². The molecule has 3 N–H and O–H groups in total. The topological polar surface area (TPSA) is 38.0 Å². The highest BCUT2D eigenvalue weighted by Crippen LogP contribution is 1.95. The molecule has 0 aliphatic heterocycles. The Morgan fingerprint density at radius 1 is 1.67 bits per heavy atom. The summed E-state index contributed by atoms with van der Waals surface area (Å²) >= 11 is 3.24. The molecule has 0 aliphatic rings. The highest BCUT2D eigenvalue weighted by atomic mass is 79.9. The molecular formula is C6H13BrN2. The minimum atomic E-state index is 0.752. The first-order valence-electron chi connectivity index (χ1n) is 3.01. The predicted octanol–water partition coefficient (Wildman–Crippen LogP) is 0.833. The Morgan fingerprint density at radius 2 is 2.33 bits per heavy atom. The Labute approximate surface area is 64.6 Å². The van der Waals surface area contributed by atoms with E-state index < -0.39 is 0 Å². The monoisotopic (exact) mass is 192 g/mol. The molecule has 0 aromatic carbocycles. The lowest BCUT2D eigenvalue weighted by Gasteiger charge is -1.99. The molecule has 0 heterocycles. The van der Waals surface area contributed by atoms with Crippen molar-refractivity contribution in [3.8, 4) is 0 Å². The Kier molecular flexibility index (Phi) is 6.36. The molecule has 0 atom stereocenters. The number of rotatable bonds is 5. The fourth-order valence-electron chi connectivity index (χ4n) is 0.451. The van der Waals surface area contributed by atoms with Crippen LogP contribution in [0.15, 0.2) is 11.1 Å². The van der Waals surface area contributed by atoms with E-state index in [2.05, 4.69) is 27.8 Å². The predicted molar refractivity (Wildman–Crippen MR) is 44.6 cm³/mol.